The van der Waals surface area contributed by atoms with E-state index >= 15 is 0 Å². The number of fused-ring (bicyclic) bond motifs is 1. The van der Waals surface area contributed by atoms with Crippen molar-refractivity contribution in [3.8, 4) is 0 Å². The monoisotopic (exact) mass is 222 g/mol. The van der Waals surface area contributed by atoms with Crippen molar-refractivity contribution < 1.29 is 0 Å². The fraction of sp³-hybridized carbons (Fsp3) is 0.133. The summed E-state index contributed by atoms with van der Waals surface area (Å²) in [5.74, 6) is 0. The van der Waals surface area contributed by atoms with Crippen molar-refractivity contribution in [1.29, 1.82) is 0 Å². The normalized spacial score (nSPS) is 13.2. The van der Waals surface area contributed by atoms with E-state index in [9.17, 15) is 0 Å². The Hall–Kier alpha value is -2.09. The molecular formula is C15H14N2. The Bertz CT molecular complexity index is 544. The fourth-order valence-corrected chi connectivity index (χ4v) is 2.06. The van der Waals surface area contributed by atoms with Crippen LogP contribution in [0.2, 0.25) is 0 Å². The molecule has 2 heteroatoms. The number of rotatable bonds is 2. The number of para-hydroxylation sites is 1. The molecule has 0 aromatic heterocycles. The molecule has 1 aliphatic rings. The van der Waals surface area contributed by atoms with Crippen LogP contribution >= 0.6 is 0 Å². The highest BCUT2D eigenvalue weighted by Gasteiger charge is 2.06. The van der Waals surface area contributed by atoms with Crippen LogP contribution < -0.4 is 5.32 Å². The number of aliphatic imine (C=N–C) groups is 1. The van der Waals surface area contributed by atoms with Crippen LogP contribution in [0.5, 0.6) is 0 Å². The van der Waals surface area contributed by atoms with E-state index in [2.05, 4.69) is 40.6 Å². The zero-order valence-electron chi connectivity index (χ0n) is 9.56. The molecule has 1 heterocycles. The van der Waals surface area contributed by atoms with E-state index in [1.165, 1.54) is 5.56 Å². The van der Waals surface area contributed by atoms with Crippen LogP contribution in [-0.2, 0) is 6.42 Å². The van der Waals surface area contributed by atoms with E-state index < -0.39 is 0 Å². The Kier molecular flexibility index (Phi) is 2.62. The highest BCUT2D eigenvalue weighted by atomic mass is 14.9. The summed E-state index contributed by atoms with van der Waals surface area (Å²) in [5.41, 5.74) is 4.68. The van der Waals surface area contributed by atoms with Crippen LogP contribution in [0.25, 0.3) is 0 Å². The third kappa shape index (κ3) is 2.21. The lowest BCUT2D eigenvalue weighted by molar-refractivity contribution is 1.03. The lowest BCUT2D eigenvalue weighted by atomic mass is 10.0. The molecule has 0 bridgehead atoms. The Morgan fingerprint density at radius 1 is 0.941 bits per heavy atom. The summed E-state index contributed by atoms with van der Waals surface area (Å²) >= 11 is 0. The van der Waals surface area contributed by atoms with Gasteiger partial charge >= 0.3 is 0 Å². The van der Waals surface area contributed by atoms with Gasteiger partial charge in [-0.3, -0.25) is 4.99 Å². The Morgan fingerprint density at radius 2 is 1.82 bits per heavy atom. The van der Waals surface area contributed by atoms with Gasteiger partial charge in [-0.25, -0.2) is 0 Å². The van der Waals surface area contributed by atoms with Crippen molar-refractivity contribution in [2.75, 3.05) is 5.32 Å². The number of hydrogen-bond acceptors (Lipinski definition) is 2. The Labute approximate surface area is 101 Å². The molecule has 17 heavy (non-hydrogen) atoms. The summed E-state index contributed by atoms with van der Waals surface area (Å²) in [4.78, 5) is 4.39. The molecule has 0 spiro atoms. The molecule has 0 saturated heterocycles. The van der Waals surface area contributed by atoms with Crippen LogP contribution in [0.4, 0.5) is 17.1 Å². The van der Waals surface area contributed by atoms with E-state index in [4.69, 9.17) is 0 Å². The first-order chi connectivity index (χ1) is 8.42. The summed E-state index contributed by atoms with van der Waals surface area (Å²) in [6.07, 6.45) is 4.12. The molecule has 2 aromatic carbocycles. The first kappa shape index (κ1) is 10.1. The van der Waals surface area contributed by atoms with Gasteiger partial charge in [-0.2, -0.15) is 0 Å². The number of benzene rings is 2. The minimum absolute atomic E-state index is 1.04. The maximum absolute atomic E-state index is 4.39. The lowest BCUT2D eigenvalue weighted by Crippen LogP contribution is -1.96. The fourth-order valence-electron chi connectivity index (χ4n) is 2.06. The topological polar surface area (TPSA) is 24.4 Å². The summed E-state index contributed by atoms with van der Waals surface area (Å²) in [6, 6.07) is 16.6. The molecule has 84 valence electrons. The minimum Gasteiger partial charge on any atom is -0.356 e. The van der Waals surface area contributed by atoms with Gasteiger partial charge in [-0.1, -0.05) is 18.2 Å². The third-order valence-corrected chi connectivity index (χ3v) is 2.92. The number of hydrogen-bond donors (Lipinski definition) is 1. The average molecular weight is 222 g/mol. The second kappa shape index (κ2) is 4.42. The summed E-state index contributed by atoms with van der Waals surface area (Å²) < 4.78 is 0. The van der Waals surface area contributed by atoms with Crippen molar-refractivity contribution in [2.24, 2.45) is 4.99 Å². The van der Waals surface area contributed by atoms with Crippen molar-refractivity contribution >= 4 is 23.3 Å². The molecule has 0 fully saturated rings. The summed E-state index contributed by atoms with van der Waals surface area (Å²) in [7, 11) is 0. The van der Waals surface area contributed by atoms with Gasteiger partial charge in [0.15, 0.2) is 0 Å². The van der Waals surface area contributed by atoms with Gasteiger partial charge in [0.05, 0.1) is 5.69 Å². The summed E-state index contributed by atoms with van der Waals surface area (Å²) in [6.45, 7) is 0. The quantitative estimate of drug-likeness (QED) is 0.813. The van der Waals surface area contributed by atoms with Gasteiger partial charge in [0, 0.05) is 17.6 Å². The number of nitrogens with one attached hydrogen (secondary N) is 1. The van der Waals surface area contributed by atoms with Gasteiger partial charge in [-0.05, 0) is 48.7 Å². The Balaban J connectivity index is 1.87. The molecule has 0 radical (unpaired) electrons. The van der Waals surface area contributed by atoms with Crippen molar-refractivity contribution in [2.45, 2.75) is 12.8 Å². The van der Waals surface area contributed by atoms with E-state index in [1.807, 2.05) is 24.4 Å². The molecule has 2 aromatic rings. The van der Waals surface area contributed by atoms with Crippen LogP contribution in [0.1, 0.15) is 12.0 Å². The van der Waals surface area contributed by atoms with Gasteiger partial charge in [0.25, 0.3) is 0 Å². The van der Waals surface area contributed by atoms with Crippen LogP contribution in [0, 0.1) is 0 Å². The molecule has 0 aliphatic carbocycles. The first-order valence-corrected chi connectivity index (χ1v) is 5.89. The van der Waals surface area contributed by atoms with E-state index in [0.717, 1.165) is 29.9 Å². The lowest BCUT2D eigenvalue weighted by Gasteiger charge is -2.12. The minimum atomic E-state index is 1.04. The number of nitrogens with zero attached hydrogens (tertiary/aromatic N) is 1. The van der Waals surface area contributed by atoms with Crippen molar-refractivity contribution in [1.82, 2.24) is 0 Å². The molecule has 2 nitrogen and oxygen atoms in total. The zero-order chi connectivity index (χ0) is 11.5. The maximum atomic E-state index is 4.39. The van der Waals surface area contributed by atoms with Crippen LogP contribution in [0.15, 0.2) is 53.5 Å². The molecule has 0 saturated carbocycles. The smallest absolute Gasteiger partial charge is 0.0659 e. The molecule has 0 atom stereocenters. The first-order valence-electron chi connectivity index (χ1n) is 5.89. The molecule has 0 unspecified atom stereocenters. The molecule has 0 amide bonds. The zero-order valence-corrected chi connectivity index (χ0v) is 9.56. The van der Waals surface area contributed by atoms with Gasteiger partial charge < -0.3 is 5.32 Å². The van der Waals surface area contributed by atoms with Gasteiger partial charge in [-0.15, -0.1) is 0 Å². The van der Waals surface area contributed by atoms with Gasteiger partial charge in [0.1, 0.15) is 0 Å². The predicted molar refractivity (Wildman–Crippen MR) is 72.6 cm³/mol. The Morgan fingerprint density at radius 3 is 2.71 bits per heavy atom. The van der Waals surface area contributed by atoms with Crippen molar-refractivity contribution in [3.63, 3.8) is 0 Å². The molecule has 3 rings (SSSR count). The third-order valence-electron chi connectivity index (χ3n) is 2.92. The maximum Gasteiger partial charge on any atom is 0.0659 e. The number of anilines is 2. The van der Waals surface area contributed by atoms with E-state index in [-0.39, 0.29) is 0 Å². The number of aryl methyl sites for hydroxylation is 1. The summed E-state index contributed by atoms with van der Waals surface area (Å²) in [5, 5.41) is 3.40. The van der Waals surface area contributed by atoms with Crippen molar-refractivity contribution in [3.05, 3.63) is 54.1 Å². The highest BCUT2D eigenvalue weighted by molar-refractivity contribution is 5.72. The van der Waals surface area contributed by atoms with Crippen LogP contribution in [0.3, 0.4) is 0 Å². The van der Waals surface area contributed by atoms with E-state index in [0.29, 0.717) is 0 Å². The second-order valence-electron chi connectivity index (χ2n) is 4.18. The van der Waals surface area contributed by atoms with Gasteiger partial charge in [0.2, 0.25) is 0 Å². The second-order valence-corrected chi connectivity index (χ2v) is 4.18. The standard InChI is InChI=1S/C15H14N2/c1-2-6-13(7-3-1)17-14-8-9-15-12(11-14)5-4-10-16-15/h1-3,6-11,17H,4-5H2. The molecule has 1 N–H and O–H groups in total. The van der Waals surface area contributed by atoms with Crippen LogP contribution in [-0.4, -0.2) is 6.21 Å². The molecule has 1 aliphatic heterocycles. The predicted octanol–water partition coefficient (Wildman–Crippen LogP) is 4.08. The molecular weight excluding hydrogens is 208 g/mol. The SMILES string of the molecule is C1=Nc2ccc(Nc3ccccc3)cc2CC1. The largest absolute Gasteiger partial charge is 0.356 e. The average Bonchev–Trinajstić information content (AvgIpc) is 2.40. The highest BCUT2D eigenvalue weighted by Crippen LogP contribution is 2.28. The van der Waals surface area contributed by atoms with E-state index in [1.54, 1.807) is 0 Å².